The molecule has 0 aliphatic rings. The van der Waals surface area contributed by atoms with E-state index in [0.717, 1.165) is 17.1 Å². The van der Waals surface area contributed by atoms with Gasteiger partial charge in [-0.2, -0.15) is 0 Å². The lowest BCUT2D eigenvalue weighted by atomic mass is 9.97. The minimum atomic E-state index is 1.10. The van der Waals surface area contributed by atoms with Gasteiger partial charge in [-0.3, -0.25) is 0 Å². The van der Waals surface area contributed by atoms with Crippen LogP contribution in [0.15, 0.2) is 224 Å². The van der Waals surface area contributed by atoms with Crippen LogP contribution >= 0.6 is 11.3 Å². The van der Waals surface area contributed by atoms with E-state index in [1.807, 2.05) is 11.3 Å². The standard InChI is InChI=1S/C56H37NS/c1-2-12-43-37-46(23-22-38(43)10-1)45-15-7-14-44(36-45)39-24-30-47(31-25-39)57(48-32-26-41(27-33-48)51-18-8-13-40-11-3-4-16-50(40)51)49-34-28-42(29-35-49)52-19-9-20-54-53-17-5-6-21-55(53)58-56(52)54/h1-37H. The summed E-state index contributed by atoms with van der Waals surface area (Å²) in [4.78, 5) is 2.37. The molecule has 0 aliphatic carbocycles. The van der Waals surface area contributed by atoms with E-state index in [4.69, 9.17) is 0 Å². The molecule has 0 radical (unpaired) electrons. The maximum absolute atomic E-state index is 2.37. The van der Waals surface area contributed by atoms with Crippen molar-refractivity contribution in [2.24, 2.45) is 0 Å². The number of anilines is 3. The van der Waals surface area contributed by atoms with Crippen LogP contribution < -0.4 is 4.90 Å². The van der Waals surface area contributed by atoms with Crippen LogP contribution in [0.3, 0.4) is 0 Å². The van der Waals surface area contributed by atoms with Gasteiger partial charge in [0.25, 0.3) is 0 Å². The van der Waals surface area contributed by atoms with Gasteiger partial charge in [-0.1, -0.05) is 170 Å². The molecule has 0 aliphatic heterocycles. The average Bonchev–Trinajstić information content (AvgIpc) is 3.69. The summed E-state index contributed by atoms with van der Waals surface area (Å²) in [6, 6.07) is 81.9. The van der Waals surface area contributed by atoms with Gasteiger partial charge in [-0.05, 0) is 121 Å². The molecule has 11 rings (SSSR count). The predicted octanol–water partition coefficient (Wildman–Crippen LogP) is 16.5. The van der Waals surface area contributed by atoms with Crippen LogP contribution in [-0.2, 0) is 0 Å². The Hall–Kier alpha value is -7.26. The molecular formula is C56H37NS. The Morgan fingerprint density at radius 1 is 0.276 bits per heavy atom. The zero-order chi connectivity index (χ0) is 38.4. The summed E-state index contributed by atoms with van der Waals surface area (Å²) in [7, 11) is 0. The van der Waals surface area contributed by atoms with Crippen LogP contribution in [0.5, 0.6) is 0 Å². The molecule has 1 heterocycles. The molecule has 11 aromatic rings. The Kier molecular flexibility index (Phi) is 8.42. The van der Waals surface area contributed by atoms with Crippen molar-refractivity contribution in [2.45, 2.75) is 0 Å². The summed E-state index contributed by atoms with van der Waals surface area (Å²) in [6.07, 6.45) is 0. The quantitative estimate of drug-likeness (QED) is 0.157. The Balaban J connectivity index is 0.969. The first kappa shape index (κ1) is 34.0. The van der Waals surface area contributed by atoms with E-state index in [1.54, 1.807) is 0 Å². The van der Waals surface area contributed by atoms with E-state index in [2.05, 4.69) is 229 Å². The molecule has 0 bridgehead atoms. The van der Waals surface area contributed by atoms with Crippen molar-refractivity contribution in [3.8, 4) is 44.5 Å². The lowest BCUT2D eigenvalue weighted by Gasteiger charge is -2.26. The van der Waals surface area contributed by atoms with Gasteiger partial charge in [0.15, 0.2) is 0 Å². The highest BCUT2D eigenvalue weighted by molar-refractivity contribution is 7.26. The molecule has 0 fully saturated rings. The molecule has 1 nitrogen and oxygen atoms in total. The molecule has 58 heavy (non-hydrogen) atoms. The Morgan fingerprint density at radius 2 is 0.759 bits per heavy atom. The predicted molar refractivity (Wildman–Crippen MR) is 251 cm³/mol. The molecule has 0 N–H and O–H groups in total. The van der Waals surface area contributed by atoms with E-state index >= 15 is 0 Å². The van der Waals surface area contributed by atoms with Crippen molar-refractivity contribution >= 4 is 70.1 Å². The average molecular weight is 756 g/mol. The summed E-state index contributed by atoms with van der Waals surface area (Å²) in [5.41, 5.74) is 13.1. The second kappa shape index (κ2) is 14.4. The van der Waals surface area contributed by atoms with Crippen LogP contribution in [-0.4, -0.2) is 0 Å². The Bertz CT molecular complexity index is 3260. The molecule has 2 heteroatoms. The minimum absolute atomic E-state index is 1.10. The number of benzene rings is 10. The molecule has 272 valence electrons. The SMILES string of the molecule is c1cc(-c2ccc(N(c3ccc(-c4cccc5ccccc45)cc3)c3ccc(-c4cccc5c4sc4ccccc45)cc3)cc2)cc(-c2ccc3ccccc3c2)c1. The second-order valence-electron chi connectivity index (χ2n) is 14.9. The van der Waals surface area contributed by atoms with E-state index in [9.17, 15) is 0 Å². The topological polar surface area (TPSA) is 3.24 Å². The number of hydrogen-bond donors (Lipinski definition) is 0. The van der Waals surface area contributed by atoms with Crippen LogP contribution in [0, 0.1) is 0 Å². The van der Waals surface area contributed by atoms with Crippen LogP contribution in [0.4, 0.5) is 17.1 Å². The highest BCUT2D eigenvalue weighted by Crippen LogP contribution is 2.42. The molecule has 1 aromatic heterocycles. The molecule has 0 amide bonds. The molecule has 0 spiro atoms. The monoisotopic (exact) mass is 755 g/mol. The molecule has 0 saturated heterocycles. The first-order chi connectivity index (χ1) is 28.7. The van der Waals surface area contributed by atoms with Gasteiger partial charge < -0.3 is 4.90 Å². The van der Waals surface area contributed by atoms with Crippen molar-refractivity contribution in [2.75, 3.05) is 4.90 Å². The summed E-state index contributed by atoms with van der Waals surface area (Å²) >= 11 is 1.88. The fourth-order valence-electron chi connectivity index (χ4n) is 8.53. The van der Waals surface area contributed by atoms with Gasteiger partial charge in [0.2, 0.25) is 0 Å². The normalized spacial score (nSPS) is 11.4. The van der Waals surface area contributed by atoms with Crippen molar-refractivity contribution in [3.63, 3.8) is 0 Å². The lowest BCUT2D eigenvalue weighted by molar-refractivity contribution is 1.28. The molecule has 0 saturated carbocycles. The number of rotatable bonds is 7. The third-order valence-corrected chi connectivity index (χ3v) is 12.7. The fraction of sp³-hybridized carbons (Fsp3) is 0. The van der Waals surface area contributed by atoms with Crippen LogP contribution in [0.1, 0.15) is 0 Å². The molecule has 0 unspecified atom stereocenters. The van der Waals surface area contributed by atoms with E-state index in [1.165, 1.54) is 86.2 Å². The first-order valence-electron chi connectivity index (χ1n) is 19.8. The summed E-state index contributed by atoms with van der Waals surface area (Å²) in [6.45, 7) is 0. The van der Waals surface area contributed by atoms with Crippen molar-refractivity contribution in [1.29, 1.82) is 0 Å². The molecule has 0 atom stereocenters. The maximum Gasteiger partial charge on any atom is 0.0462 e. The van der Waals surface area contributed by atoms with Gasteiger partial charge in [0, 0.05) is 37.2 Å². The second-order valence-corrected chi connectivity index (χ2v) is 16.0. The number of nitrogens with zero attached hydrogens (tertiary/aromatic N) is 1. The first-order valence-corrected chi connectivity index (χ1v) is 20.6. The van der Waals surface area contributed by atoms with Crippen molar-refractivity contribution < 1.29 is 0 Å². The number of fused-ring (bicyclic) bond motifs is 5. The fourth-order valence-corrected chi connectivity index (χ4v) is 9.77. The summed E-state index contributed by atoms with van der Waals surface area (Å²) in [5, 5.41) is 7.67. The van der Waals surface area contributed by atoms with Gasteiger partial charge >= 0.3 is 0 Å². The molecular weight excluding hydrogens is 719 g/mol. The van der Waals surface area contributed by atoms with E-state index in [-0.39, 0.29) is 0 Å². The van der Waals surface area contributed by atoms with Crippen molar-refractivity contribution in [1.82, 2.24) is 0 Å². The van der Waals surface area contributed by atoms with Gasteiger partial charge in [0.1, 0.15) is 0 Å². The van der Waals surface area contributed by atoms with Gasteiger partial charge in [-0.25, -0.2) is 0 Å². The van der Waals surface area contributed by atoms with Gasteiger partial charge in [-0.15, -0.1) is 11.3 Å². The number of hydrogen-bond acceptors (Lipinski definition) is 2. The third kappa shape index (κ3) is 6.12. The molecule has 10 aromatic carbocycles. The largest absolute Gasteiger partial charge is 0.311 e. The van der Waals surface area contributed by atoms with Crippen molar-refractivity contribution in [3.05, 3.63) is 224 Å². The van der Waals surface area contributed by atoms with E-state index < -0.39 is 0 Å². The zero-order valence-electron chi connectivity index (χ0n) is 31.7. The number of thiophene rings is 1. The highest BCUT2D eigenvalue weighted by atomic mass is 32.1. The smallest absolute Gasteiger partial charge is 0.0462 e. The van der Waals surface area contributed by atoms with E-state index in [0.29, 0.717) is 0 Å². The van der Waals surface area contributed by atoms with Crippen LogP contribution in [0.25, 0.3) is 86.2 Å². The summed E-state index contributed by atoms with van der Waals surface area (Å²) < 4.78 is 2.65. The lowest BCUT2D eigenvalue weighted by Crippen LogP contribution is -2.09. The zero-order valence-corrected chi connectivity index (χ0v) is 32.5. The summed E-state index contributed by atoms with van der Waals surface area (Å²) in [5.74, 6) is 0. The van der Waals surface area contributed by atoms with Gasteiger partial charge in [0.05, 0.1) is 0 Å². The maximum atomic E-state index is 2.37. The minimum Gasteiger partial charge on any atom is -0.311 e. The Labute approximate surface area is 342 Å². The highest BCUT2D eigenvalue weighted by Gasteiger charge is 2.16. The van der Waals surface area contributed by atoms with Crippen LogP contribution in [0.2, 0.25) is 0 Å². The third-order valence-electron chi connectivity index (χ3n) is 11.5. The Morgan fingerprint density at radius 3 is 1.50 bits per heavy atom.